The maximum absolute atomic E-state index is 12.8. The van der Waals surface area contributed by atoms with Gasteiger partial charge in [-0.25, -0.2) is 8.42 Å². The van der Waals surface area contributed by atoms with Gasteiger partial charge in [0, 0.05) is 23.8 Å². The van der Waals surface area contributed by atoms with Crippen LogP contribution in [0.25, 0.3) is 0 Å². The van der Waals surface area contributed by atoms with Crippen molar-refractivity contribution in [3.63, 3.8) is 0 Å². The van der Waals surface area contributed by atoms with E-state index in [9.17, 15) is 22.8 Å². The first-order valence-electron chi connectivity index (χ1n) is 10.0. The Hall–Kier alpha value is -3.98. The van der Waals surface area contributed by atoms with Gasteiger partial charge in [0.2, 0.25) is 0 Å². The molecule has 9 heteroatoms. The van der Waals surface area contributed by atoms with Gasteiger partial charge < -0.3 is 5.32 Å². The quantitative estimate of drug-likeness (QED) is 0.460. The normalized spacial score (nSPS) is 11.8. The van der Waals surface area contributed by atoms with Crippen LogP contribution in [0.15, 0.2) is 89.8 Å². The lowest BCUT2D eigenvalue weighted by Crippen LogP contribution is -2.53. The second kappa shape index (κ2) is 10.6. The third-order valence-corrected chi connectivity index (χ3v) is 5.91. The molecule has 0 aromatic heterocycles. The second-order valence-corrected chi connectivity index (χ2v) is 9.34. The minimum Gasteiger partial charge on any atom is -0.340 e. The highest BCUT2D eigenvalue weighted by Crippen LogP contribution is 2.10. The van der Waals surface area contributed by atoms with Crippen LogP contribution in [0.5, 0.6) is 0 Å². The number of nitrogens with one attached hydrogen (secondary N) is 3. The molecule has 3 aromatic carbocycles. The highest BCUT2D eigenvalue weighted by Gasteiger charge is 2.22. The lowest BCUT2D eigenvalue weighted by Gasteiger charge is -2.19. The molecule has 33 heavy (non-hydrogen) atoms. The van der Waals surface area contributed by atoms with E-state index in [0.29, 0.717) is 5.56 Å². The molecule has 3 amide bonds. The molecule has 0 saturated carbocycles. The van der Waals surface area contributed by atoms with Crippen molar-refractivity contribution in [1.29, 1.82) is 0 Å². The fourth-order valence-electron chi connectivity index (χ4n) is 3.02. The minimum atomic E-state index is -3.39. The summed E-state index contributed by atoms with van der Waals surface area (Å²) in [5, 5.41) is 2.70. The number of rotatable bonds is 7. The standard InChI is InChI=1S/C24H23N3O5S/c1-33(31,32)20-14-12-19(13-15-20)23(29)26-27-24(30)21(16-17-8-4-2-5-9-17)25-22(28)18-10-6-3-7-11-18/h2-15,21H,16H2,1H3,(H,25,28)(H,26,29)(H,27,30). The smallest absolute Gasteiger partial charge is 0.269 e. The summed E-state index contributed by atoms with van der Waals surface area (Å²) in [7, 11) is -3.39. The van der Waals surface area contributed by atoms with Crippen LogP contribution in [0.2, 0.25) is 0 Å². The number of carbonyl (C=O) groups is 3. The van der Waals surface area contributed by atoms with Gasteiger partial charge >= 0.3 is 0 Å². The summed E-state index contributed by atoms with van der Waals surface area (Å²) in [5.74, 6) is -1.66. The van der Waals surface area contributed by atoms with Gasteiger partial charge in [-0.3, -0.25) is 25.2 Å². The molecule has 0 aliphatic heterocycles. The van der Waals surface area contributed by atoms with Crippen molar-refractivity contribution in [2.45, 2.75) is 17.4 Å². The number of sulfone groups is 1. The summed E-state index contributed by atoms with van der Waals surface area (Å²) in [5.41, 5.74) is 6.02. The van der Waals surface area contributed by atoms with Crippen molar-refractivity contribution in [3.8, 4) is 0 Å². The molecule has 170 valence electrons. The van der Waals surface area contributed by atoms with Crippen LogP contribution in [0.4, 0.5) is 0 Å². The molecule has 8 nitrogen and oxygen atoms in total. The average molecular weight is 466 g/mol. The predicted molar refractivity (Wildman–Crippen MR) is 123 cm³/mol. The molecule has 0 bridgehead atoms. The first-order chi connectivity index (χ1) is 15.7. The van der Waals surface area contributed by atoms with Crippen molar-refractivity contribution in [2.75, 3.05) is 6.26 Å². The number of amides is 3. The molecule has 0 aliphatic rings. The summed E-state index contributed by atoms with van der Waals surface area (Å²) in [6, 6.07) is 22.0. The molecule has 3 N–H and O–H groups in total. The number of carbonyl (C=O) groups excluding carboxylic acids is 3. The minimum absolute atomic E-state index is 0.0784. The van der Waals surface area contributed by atoms with E-state index in [4.69, 9.17) is 0 Å². The zero-order chi connectivity index (χ0) is 23.8. The Labute approximate surface area is 191 Å². The van der Waals surface area contributed by atoms with Crippen molar-refractivity contribution < 1.29 is 22.8 Å². The Morgan fingerprint density at radius 2 is 1.27 bits per heavy atom. The molecule has 1 unspecified atom stereocenters. The largest absolute Gasteiger partial charge is 0.340 e. The lowest BCUT2D eigenvalue weighted by molar-refractivity contribution is -0.123. The van der Waals surface area contributed by atoms with Crippen LogP contribution >= 0.6 is 0 Å². The van der Waals surface area contributed by atoms with E-state index in [2.05, 4.69) is 16.2 Å². The van der Waals surface area contributed by atoms with Gasteiger partial charge in [0.15, 0.2) is 9.84 Å². The predicted octanol–water partition coefficient (Wildman–Crippen LogP) is 1.89. The molecule has 0 saturated heterocycles. The summed E-state index contributed by atoms with van der Waals surface area (Å²) in [6.45, 7) is 0. The zero-order valence-corrected chi connectivity index (χ0v) is 18.6. The van der Waals surface area contributed by atoms with Gasteiger partial charge in [-0.1, -0.05) is 48.5 Å². The van der Waals surface area contributed by atoms with Crippen molar-refractivity contribution in [1.82, 2.24) is 16.2 Å². The monoisotopic (exact) mass is 465 g/mol. The van der Waals surface area contributed by atoms with Gasteiger partial charge in [0.1, 0.15) is 6.04 Å². The SMILES string of the molecule is CS(=O)(=O)c1ccc(C(=O)NNC(=O)C(Cc2ccccc2)NC(=O)c2ccccc2)cc1. The Bertz CT molecular complexity index is 1230. The molecule has 0 radical (unpaired) electrons. The van der Waals surface area contributed by atoms with E-state index < -0.39 is 33.6 Å². The third-order valence-electron chi connectivity index (χ3n) is 4.78. The first-order valence-corrected chi connectivity index (χ1v) is 11.9. The highest BCUT2D eigenvalue weighted by atomic mass is 32.2. The fourth-order valence-corrected chi connectivity index (χ4v) is 3.65. The van der Waals surface area contributed by atoms with E-state index >= 15 is 0 Å². The van der Waals surface area contributed by atoms with Crippen LogP contribution in [-0.4, -0.2) is 38.4 Å². The van der Waals surface area contributed by atoms with E-state index in [-0.39, 0.29) is 16.9 Å². The highest BCUT2D eigenvalue weighted by molar-refractivity contribution is 7.90. The van der Waals surface area contributed by atoms with E-state index in [1.165, 1.54) is 24.3 Å². The maximum atomic E-state index is 12.8. The van der Waals surface area contributed by atoms with Crippen molar-refractivity contribution in [3.05, 3.63) is 102 Å². The van der Waals surface area contributed by atoms with Gasteiger partial charge in [-0.15, -0.1) is 0 Å². The number of hydrogen-bond donors (Lipinski definition) is 3. The Morgan fingerprint density at radius 3 is 1.85 bits per heavy atom. The molecule has 0 fully saturated rings. The van der Waals surface area contributed by atoms with Gasteiger partial charge in [-0.2, -0.15) is 0 Å². The van der Waals surface area contributed by atoms with E-state index in [1.54, 1.807) is 30.3 Å². The summed E-state index contributed by atoms with van der Waals surface area (Å²) in [4.78, 5) is 37.9. The van der Waals surface area contributed by atoms with Gasteiger partial charge in [-0.05, 0) is 42.0 Å². The molecule has 3 aromatic rings. The van der Waals surface area contributed by atoms with E-state index in [1.807, 2.05) is 30.3 Å². The summed E-state index contributed by atoms with van der Waals surface area (Å²) in [6.07, 6.45) is 1.28. The maximum Gasteiger partial charge on any atom is 0.269 e. The molecule has 1 atom stereocenters. The van der Waals surface area contributed by atoms with Gasteiger partial charge in [0.05, 0.1) is 4.90 Å². The molecule has 3 rings (SSSR count). The molecular formula is C24H23N3O5S. The third kappa shape index (κ3) is 6.75. The van der Waals surface area contributed by atoms with Crippen LogP contribution < -0.4 is 16.2 Å². The molecule has 0 heterocycles. The first kappa shape index (κ1) is 23.7. The second-order valence-electron chi connectivity index (χ2n) is 7.32. The van der Waals surface area contributed by atoms with Gasteiger partial charge in [0.25, 0.3) is 17.7 Å². The van der Waals surface area contributed by atoms with E-state index in [0.717, 1.165) is 11.8 Å². The Balaban J connectivity index is 1.68. The fraction of sp³-hybridized carbons (Fsp3) is 0.125. The van der Waals surface area contributed by atoms with Crippen LogP contribution in [0.3, 0.4) is 0 Å². The van der Waals surface area contributed by atoms with Crippen LogP contribution in [0.1, 0.15) is 26.3 Å². The van der Waals surface area contributed by atoms with Crippen molar-refractivity contribution >= 4 is 27.6 Å². The topological polar surface area (TPSA) is 121 Å². The van der Waals surface area contributed by atoms with Crippen LogP contribution in [-0.2, 0) is 21.1 Å². The number of benzene rings is 3. The molecule has 0 aliphatic carbocycles. The molecular weight excluding hydrogens is 442 g/mol. The summed E-state index contributed by atoms with van der Waals surface area (Å²) >= 11 is 0. The average Bonchev–Trinajstić information content (AvgIpc) is 2.82. The number of hydrazine groups is 1. The Morgan fingerprint density at radius 1 is 0.727 bits per heavy atom. The zero-order valence-electron chi connectivity index (χ0n) is 17.8. The van der Waals surface area contributed by atoms with Crippen LogP contribution in [0, 0.1) is 0 Å². The summed E-state index contributed by atoms with van der Waals surface area (Å²) < 4.78 is 23.1. The van der Waals surface area contributed by atoms with Crippen molar-refractivity contribution in [2.24, 2.45) is 0 Å². The Kier molecular flexibility index (Phi) is 7.57. The molecule has 0 spiro atoms. The lowest BCUT2D eigenvalue weighted by atomic mass is 10.0. The number of hydrogen-bond acceptors (Lipinski definition) is 5.